The third-order valence-corrected chi connectivity index (χ3v) is 6.95. The zero-order chi connectivity index (χ0) is 19.6. The lowest BCUT2D eigenvalue weighted by Crippen LogP contribution is -2.50. The van der Waals surface area contributed by atoms with Crippen molar-refractivity contribution in [1.29, 1.82) is 0 Å². The van der Waals surface area contributed by atoms with E-state index in [1.54, 1.807) is 7.11 Å². The quantitative estimate of drug-likeness (QED) is 0.797. The Hall–Kier alpha value is -2.04. The van der Waals surface area contributed by atoms with E-state index in [0.29, 0.717) is 19.0 Å². The molecule has 0 bridgehead atoms. The van der Waals surface area contributed by atoms with Gasteiger partial charge in [0.25, 0.3) is 0 Å². The van der Waals surface area contributed by atoms with Crippen molar-refractivity contribution in [3.8, 4) is 5.75 Å². The average molecular weight is 385 g/mol. The summed E-state index contributed by atoms with van der Waals surface area (Å²) in [7, 11) is 1.66. The van der Waals surface area contributed by atoms with Crippen LogP contribution >= 0.6 is 0 Å². The monoisotopic (exact) mass is 384 g/mol. The van der Waals surface area contributed by atoms with Gasteiger partial charge in [0, 0.05) is 32.1 Å². The number of piperidine rings is 1. The number of ether oxygens (including phenoxy) is 1. The molecule has 0 radical (unpaired) electrons. The van der Waals surface area contributed by atoms with E-state index in [2.05, 4.69) is 0 Å². The molecule has 1 aliphatic carbocycles. The molecule has 1 atom stereocenters. The van der Waals surface area contributed by atoms with Gasteiger partial charge in [-0.3, -0.25) is 9.59 Å². The maximum Gasteiger partial charge on any atom is 0.230 e. The summed E-state index contributed by atoms with van der Waals surface area (Å²) < 4.78 is 5.31. The van der Waals surface area contributed by atoms with Crippen LogP contribution in [0.3, 0.4) is 0 Å². The van der Waals surface area contributed by atoms with Crippen LogP contribution in [-0.4, -0.2) is 48.4 Å². The maximum absolute atomic E-state index is 13.4. The van der Waals surface area contributed by atoms with Crippen LogP contribution in [0, 0.1) is 11.3 Å². The predicted molar refractivity (Wildman–Crippen MR) is 108 cm³/mol. The Kier molecular flexibility index (Phi) is 5.61. The normalized spacial score (nSPS) is 26.1. The highest BCUT2D eigenvalue weighted by molar-refractivity contribution is 5.86. The third-order valence-electron chi connectivity index (χ3n) is 6.95. The molecule has 0 N–H and O–H groups in total. The van der Waals surface area contributed by atoms with E-state index >= 15 is 0 Å². The summed E-state index contributed by atoms with van der Waals surface area (Å²) in [5.41, 5.74) is 0.736. The Labute approximate surface area is 168 Å². The van der Waals surface area contributed by atoms with Gasteiger partial charge in [-0.05, 0) is 49.8 Å². The molecule has 3 aliphatic rings. The van der Waals surface area contributed by atoms with Gasteiger partial charge in [-0.25, -0.2) is 0 Å². The maximum atomic E-state index is 13.4. The second-order valence-electron chi connectivity index (χ2n) is 8.81. The molecule has 1 aromatic rings. The van der Waals surface area contributed by atoms with Gasteiger partial charge in [0.1, 0.15) is 5.75 Å². The average Bonchev–Trinajstić information content (AvgIpc) is 3.17. The van der Waals surface area contributed by atoms with E-state index in [0.717, 1.165) is 56.5 Å². The van der Waals surface area contributed by atoms with Gasteiger partial charge >= 0.3 is 0 Å². The number of methoxy groups -OCH3 is 1. The number of nitrogens with zero attached hydrogens (tertiary/aromatic N) is 2. The first-order valence-electron chi connectivity index (χ1n) is 10.8. The summed E-state index contributed by atoms with van der Waals surface area (Å²) in [6.45, 7) is 2.78. The fourth-order valence-electron chi connectivity index (χ4n) is 5.34. The lowest BCUT2D eigenvalue weighted by molar-refractivity contribution is -0.147. The molecule has 1 spiro atoms. The molecule has 1 saturated carbocycles. The van der Waals surface area contributed by atoms with Crippen molar-refractivity contribution in [3.63, 3.8) is 0 Å². The van der Waals surface area contributed by atoms with Crippen LogP contribution < -0.4 is 4.74 Å². The summed E-state index contributed by atoms with van der Waals surface area (Å²) in [5, 5.41) is 0. The third kappa shape index (κ3) is 3.76. The van der Waals surface area contributed by atoms with Gasteiger partial charge in [0.05, 0.1) is 12.5 Å². The number of carbonyl (C=O) groups excluding carboxylic acids is 2. The first-order chi connectivity index (χ1) is 13.6. The molecule has 152 valence electrons. The van der Waals surface area contributed by atoms with Gasteiger partial charge in [0.15, 0.2) is 0 Å². The number of likely N-dealkylation sites (tertiary alicyclic amines) is 2. The van der Waals surface area contributed by atoms with Crippen molar-refractivity contribution >= 4 is 11.8 Å². The van der Waals surface area contributed by atoms with E-state index in [1.165, 1.54) is 19.3 Å². The second kappa shape index (κ2) is 8.14. The van der Waals surface area contributed by atoms with Crippen molar-refractivity contribution in [2.45, 2.75) is 57.9 Å². The fourth-order valence-corrected chi connectivity index (χ4v) is 5.34. The fraction of sp³-hybridized carbons (Fsp3) is 0.652. The highest BCUT2D eigenvalue weighted by Gasteiger charge is 2.49. The number of carbonyl (C=O) groups is 2. The summed E-state index contributed by atoms with van der Waals surface area (Å²) in [5.74, 6) is 1.55. The lowest BCUT2D eigenvalue weighted by atomic mass is 9.78. The molecule has 0 aromatic heterocycles. The number of amides is 2. The molecule has 2 saturated heterocycles. The van der Waals surface area contributed by atoms with Crippen LogP contribution in [0.25, 0.3) is 0 Å². The minimum absolute atomic E-state index is 0.190. The van der Waals surface area contributed by atoms with Crippen LogP contribution in [0.5, 0.6) is 5.75 Å². The van der Waals surface area contributed by atoms with Crippen LogP contribution in [0.4, 0.5) is 0 Å². The first-order valence-corrected chi connectivity index (χ1v) is 10.8. The summed E-state index contributed by atoms with van der Waals surface area (Å²) in [6, 6.07) is 7.94. The minimum Gasteiger partial charge on any atom is -0.497 e. The van der Waals surface area contributed by atoms with Gasteiger partial charge in [-0.15, -0.1) is 0 Å². The number of benzene rings is 1. The summed E-state index contributed by atoms with van der Waals surface area (Å²) in [4.78, 5) is 30.4. The molecular weight excluding hydrogens is 352 g/mol. The van der Waals surface area contributed by atoms with Gasteiger partial charge in [-0.2, -0.15) is 0 Å². The molecule has 2 heterocycles. The molecular formula is C23H32N2O3. The second-order valence-corrected chi connectivity index (χ2v) is 8.81. The summed E-state index contributed by atoms with van der Waals surface area (Å²) in [6.07, 6.45) is 8.39. The van der Waals surface area contributed by atoms with Crippen LogP contribution in [0.15, 0.2) is 24.3 Å². The topological polar surface area (TPSA) is 49.9 Å². The van der Waals surface area contributed by atoms with Crippen molar-refractivity contribution < 1.29 is 14.3 Å². The van der Waals surface area contributed by atoms with E-state index in [4.69, 9.17) is 4.74 Å². The number of hydrogen-bond donors (Lipinski definition) is 0. The highest BCUT2D eigenvalue weighted by Crippen LogP contribution is 2.41. The molecule has 3 fully saturated rings. The van der Waals surface area contributed by atoms with Gasteiger partial charge in [-0.1, -0.05) is 31.4 Å². The molecule has 2 aliphatic heterocycles. The van der Waals surface area contributed by atoms with Gasteiger partial charge in [0.2, 0.25) is 11.8 Å². The van der Waals surface area contributed by atoms with Gasteiger partial charge < -0.3 is 14.5 Å². The lowest BCUT2D eigenvalue weighted by Gasteiger charge is -2.39. The largest absolute Gasteiger partial charge is 0.497 e. The van der Waals surface area contributed by atoms with Crippen LogP contribution in [-0.2, 0) is 16.1 Å². The number of rotatable bonds is 4. The molecule has 2 amide bonds. The molecule has 28 heavy (non-hydrogen) atoms. The first kappa shape index (κ1) is 19.3. The molecule has 4 rings (SSSR count). The molecule has 5 heteroatoms. The summed E-state index contributed by atoms with van der Waals surface area (Å²) >= 11 is 0. The van der Waals surface area contributed by atoms with Crippen molar-refractivity contribution in [3.05, 3.63) is 29.8 Å². The van der Waals surface area contributed by atoms with Crippen molar-refractivity contribution in [2.24, 2.45) is 11.3 Å². The Bertz CT molecular complexity index is 728. The SMILES string of the molecule is COc1cccc(CN2CCC[C@@]3(CCN(C(=O)C4CCCCC4)C3)C2=O)c1. The number of hydrogen-bond acceptors (Lipinski definition) is 3. The molecule has 5 nitrogen and oxygen atoms in total. The Morgan fingerprint density at radius 1 is 1.14 bits per heavy atom. The standard InChI is InChI=1S/C23H32N2O3/c1-28-20-10-5-7-18(15-20)16-24-13-6-11-23(22(24)27)12-14-25(17-23)21(26)19-8-3-2-4-9-19/h5,7,10,15,19H,2-4,6,8-9,11-14,16-17H2,1H3/t23-/m0/s1. The Morgan fingerprint density at radius 3 is 2.75 bits per heavy atom. The van der Waals surface area contributed by atoms with E-state index in [-0.39, 0.29) is 17.2 Å². The zero-order valence-electron chi connectivity index (χ0n) is 17.0. The van der Waals surface area contributed by atoms with Crippen molar-refractivity contribution in [2.75, 3.05) is 26.7 Å². The van der Waals surface area contributed by atoms with E-state index in [1.807, 2.05) is 34.1 Å². The van der Waals surface area contributed by atoms with Crippen LogP contribution in [0.1, 0.15) is 56.9 Å². The Morgan fingerprint density at radius 2 is 1.96 bits per heavy atom. The van der Waals surface area contributed by atoms with Crippen molar-refractivity contribution in [1.82, 2.24) is 9.80 Å². The van der Waals surface area contributed by atoms with E-state index in [9.17, 15) is 9.59 Å². The smallest absolute Gasteiger partial charge is 0.230 e. The van der Waals surface area contributed by atoms with E-state index < -0.39 is 0 Å². The molecule has 1 aromatic carbocycles. The highest BCUT2D eigenvalue weighted by atomic mass is 16.5. The Balaban J connectivity index is 1.43. The predicted octanol–water partition coefficient (Wildman–Crippen LogP) is 3.62. The molecule has 0 unspecified atom stereocenters. The zero-order valence-corrected chi connectivity index (χ0v) is 17.0. The minimum atomic E-state index is -0.360. The van der Waals surface area contributed by atoms with Crippen LogP contribution in [0.2, 0.25) is 0 Å².